The van der Waals surface area contributed by atoms with Crippen molar-refractivity contribution >= 4 is 23.6 Å². The molecular formula is C23H21FN2O3S. The van der Waals surface area contributed by atoms with Crippen molar-refractivity contribution in [3.8, 4) is 0 Å². The topological polar surface area (TPSA) is 68.3 Å². The standard InChI is InChI=1S/C23H21FN2O3S/c1-15(17-10-12-18(24)13-11-17)26-21(27)16(2)29-23(28)20-9-6-14-25-22(20)30-19-7-4-3-5-8-19/h3-16H,1-2H3,(H,26,27)/t15-,16-/m1/s1. The van der Waals surface area contributed by atoms with Gasteiger partial charge in [-0.15, -0.1) is 0 Å². The summed E-state index contributed by atoms with van der Waals surface area (Å²) in [6.07, 6.45) is 0.595. The molecule has 0 saturated carbocycles. The van der Waals surface area contributed by atoms with Crippen LogP contribution in [0.25, 0.3) is 0 Å². The van der Waals surface area contributed by atoms with Crippen LogP contribution in [0.4, 0.5) is 4.39 Å². The minimum absolute atomic E-state index is 0.289. The van der Waals surface area contributed by atoms with Gasteiger partial charge in [0, 0.05) is 11.1 Å². The van der Waals surface area contributed by atoms with E-state index in [0.29, 0.717) is 5.03 Å². The predicted molar refractivity (Wildman–Crippen MR) is 113 cm³/mol. The number of carbonyl (C=O) groups is 2. The maximum atomic E-state index is 13.1. The molecule has 1 heterocycles. The van der Waals surface area contributed by atoms with Gasteiger partial charge >= 0.3 is 5.97 Å². The van der Waals surface area contributed by atoms with Crippen molar-refractivity contribution in [1.29, 1.82) is 0 Å². The molecule has 1 N–H and O–H groups in total. The Kier molecular flexibility index (Phi) is 7.19. The fourth-order valence-corrected chi connectivity index (χ4v) is 3.56. The van der Waals surface area contributed by atoms with E-state index in [1.165, 1.54) is 30.8 Å². The van der Waals surface area contributed by atoms with E-state index in [9.17, 15) is 14.0 Å². The Morgan fingerprint density at radius 1 is 1.00 bits per heavy atom. The van der Waals surface area contributed by atoms with Gasteiger partial charge in [-0.1, -0.05) is 42.1 Å². The summed E-state index contributed by atoms with van der Waals surface area (Å²) >= 11 is 1.34. The molecule has 0 aliphatic rings. The van der Waals surface area contributed by atoms with Crippen molar-refractivity contribution in [3.63, 3.8) is 0 Å². The van der Waals surface area contributed by atoms with E-state index in [1.807, 2.05) is 30.3 Å². The van der Waals surface area contributed by atoms with Crippen LogP contribution in [0.1, 0.15) is 35.8 Å². The second-order valence-electron chi connectivity index (χ2n) is 6.60. The molecule has 0 unspecified atom stereocenters. The molecule has 0 radical (unpaired) electrons. The van der Waals surface area contributed by atoms with Gasteiger partial charge in [-0.3, -0.25) is 4.79 Å². The average molecular weight is 424 g/mol. The first kappa shape index (κ1) is 21.5. The van der Waals surface area contributed by atoms with Crippen LogP contribution in [0.2, 0.25) is 0 Å². The van der Waals surface area contributed by atoms with Crippen LogP contribution >= 0.6 is 11.8 Å². The summed E-state index contributed by atoms with van der Waals surface area (Å²) < 4.78 is 18.4. The smallest absolute Gasteiger partial charge is 0.341 e. The third kappa shape index (κ3) is 5.67. The summed E-state index contributed by atoms with van der Waals surface area (Å²) in [7, 11) is 0. The molecule has 0 aliphatic carbocycles. The zero-order valence-corrected chi connectivity index (χ0v) is 17.4. The first-order valence-electron chi connectivity index (χ1n) is 9.39. The molecule has 0 fully saturated rings. The minimum Gasteiger partial charge on any atom is -0.449 e. The van der Waals surface area contributed by atoms with Crippen molar-refractivity contribution in [3.05, 3.63) is 89.9 Å². The molecule has 0 aliphatic heterocycles. The Balaban J connectivity index is 1.64. The Hall–Kier alpha value is -3.19. The SMILES string of the molecule is C[C@@H](OC(=O)c1cccnc1Sc1ccccc1)C(=O)N[C@H](C)c1ccc(F)cc1. The van der Waals surface area contributed by atoms with E-state index in [1.54, 1.807) is 37.4 Å². The number of amides is 1. The highest BCUT2D eigenvalue weighted by Crippen LogP contribution is 2.28. The number of hydrogen-bond acceptors (Lipinski definition) is 5. The van der Waals surface area contributed by atoms with Gasteiger partial charge in [0.2, 0.25) is 0 Å². The van der Waals surface area contributed by atoms with Gasteiger partial charge in [0.15, 0.2) is 6.10 Å². The Labute approximate surface area is 178 Å². The molecule has 3 aromatic rings. The number of ether oxygens (including phenoxy) is 1. The first-order valence-corrected chi connectivity index (χ1v) is 10.2. The van der Waals surface area contributed by atoms with Crippen LogP contribution in [0, 0.1) is 5.82 Å². The number of nitrogens with zero attached hydrogens (tertiary/aromatic N) is 1. The van der Waals surface area contributed by atoms with Crippen molar-refractivity contribution in [2.75, 3.05) is 0 Å². The number of benzene rings is 2. The van der Waals surface area contributed by atoms with Crippen LogP contribution in [0.15, 0.2) is 82.8 Å². The first-order chi connectivity index (χ1) is 14.4. The van der Waals surface area contributed by atoms with Crippen LogP contribution in [0.5, 0.6) is 0 Å². The van der Waals surface area contributed by atoms with Crippen LogP contribution in [-0.2, 0) is 9.53 Å². The lowest BCUT2D eigenvalue weighted by atomic mass is 10.1. The second-order valence-corrected chi connectivity index (χ2v) is 7.66. The van der Waals surface area contributed by atoms with E-state index in [0.717, 1.165) is 10.5 Å². The highest BCUT2D eigenvalue weighted by Gasteiger charge is 2.23. The van der Waals surface area contributed by atoms with Gasteiger partial charge in [-0.05, 0) is 55.8 Å². The molecule has 1 aromatic heterocycles. The number of carbonyl (C=O) groups excluding carboxylic acids is 2. The highest BCUT2D eigenvalue weighted by atomic mass is 32.2. The predicted octanol–water partition coefficient (Wildman–Crippen LogP) is 4.79. The van der Waals surface area contributed by atoms with E-state index in [4.69, 9.17) is 4.74 Å². The summed E-state index contributed by atoms with van der Waals surface area (Å²) in [5.41, 5.74) is 1.04. The largest absolute Gasteiger partial charge is 0.449 e. The van der Waals surface area contributed by atoms with Gasteiger partial charge in [-0.2, -0.15) is 0 Å². The highest BCUT2D eigenvalue weighted by molar-refractivity contribution is 7.99. The maximum absolute atomic E-state index is 13.1. The second kappa shape index (κ2) is 10.0. The summed E-state index contributed by atoms with van der Waals surface area (Å²) in [6, 6.07) is 18.3. The molecule has 5 nitrogen and oxygen atoms in total. The van der Waals surface area contributed by atoms with Crippen molar-refractivity contribution < 1.29 is 18.7 Å². The number of nitrogens with one attached hydrogen (secondary N) is 1. The lowest BCUT2D eigenvalue weighted by molar-refractivity contribution is -0.129. The van der Waals surface area contributed by atoms with Crippen molar-refractivity contribution in [2.45, 2.75) is 35.9 Å². The number of hydrogen-bond donors (Lipinski definition) is 1. The van der Waals surface area contributed by atoms with E-state index in [2.05, 4.69) is 10.3 Å². The summed E-state index contributed by atoms with van der Waals surface area (Å²) in [5.74, 6) is -1.42. The number of halogens is 1. The Morgan fingerprint density at radius 2 is 1.70 bits per heavy atom. The molecule has 2 atom stereocenters. The summed E-state index contributed by atoms with van der Waals surface area (Å²) in [6.45, 7) is 3.28. The normalized spacial score (nSPS) is 12.6. The lowest BCUT2D eigenvalue weighted by Crippen LogP contribution is -2.37. The zero-order valence-electron chi connectivity index (χ0n) is 16.5. The van der Waals surface area contributed by atoms with E-state index in [-0.39, 0.29) is 17.4 Å². The van der Waals surface area contributed by atoms with Gasteiger partial charge < -0.3 is 10.1 Å². The minimum atomic E-state index is -1.00. The zero-order chi connectivity index (χ0) is 21.5. The number of rotatable bonds is 7. The molecule has 7 heteroatoms. The quantitative estimate of drug-likeness (QED) is 0.552. The third-order valence-corrected chi connectivity index (χ3v) is 5.36. The number of pyridine rings is 1. The number of esters is 1. The number of aromatic nitrogens is 1. The van der Waals surface area contributed by atoms with E-state index >= 15 is 0 Å². The monoisotopic (exact) mass is 424 g/mol. The molecule has 2 aromatic carbocycles. The Bertz CT molecular complexity index is 1010. The molecule has 0 saturated heterocycles. The van der Waals surface area contributed by atoms with Gasteiger partial charge in [0.05, 0.1) is 11.6 Å². The van der Waals surface area contributed by atoms with Crippen LogP contribution in [-0.4, -0.2) is 23.0 Å². The fourth-order valence-electron chi connectivity index (χ4n) is 2.67. The third-order valence-electron chi connectivity index (χ3n) is 4.33. The van der Waals surface area contributed by atoms with Crippen LogP contribution < -0.4 is 5.32 Å². The molecule has 1 amide bonds. The molecular weight excluding hydrogens is 403 g/mol. The fraction of sp³-hybridized carbons (Fsp3) is 0.174. The lowest BCUT2D eigenvalue weighted by Gasteiger charge is -2.18. The molecule has 3 rings (SSSR count). The Morgan fingerprint density at radius 3 is 2.40 bits per heavy atom. The summed E-state index contributed by atoms with van der Waals surface area (Å²) in [4.78, 5) is 30.3. The summed E-state index contributed by atoms with van der Waals surface area (Å²) in [5, 5.41) is 3.27. The van der Waals surface area contributed by atoms with Crippen LogP contribution in [0.3, 0.4) is 0 Å². The van der Waals surface area contributed by atoms with Gasteiger partial charge in [0.25, 0.3) is 5.91 Å². The van der Waals surface area contributed by atoms with Gasteiger partial charge in [0.1, 0.15) is 10.8 Å². The average Bonchev–Trinajstić information content (AvgIpc) is 2.75. The van der Waals surface area contributed by atoms with Crippen molar-refractivity contribution in [2.24, 2.45) is 0 Å². The molecule has 30 heavy (non-hydrogen) atoms. The van der Waals surface area contributed by atoms with Gasteiger partial charge in [-0.25, -0.2) is 14.2 Å². The maximum Gasteiger partial charge on any atom is 0.341 e. The molecule has 154 valence electrons. The van der Waals surface area contributed by atoms with E-state index < -0.39 is 18.0 Å². The van der Waals surface area contributed by atoms with Crippen molar-refractivity contribution in [1.82, 2.24) is 10.3 Å². The molecule has 0 bridgehead atoms. The molecule has 0 spiro atoms.